The van der Waals surface area contributed by atoms with Gasteiger partial charge in [0.05, 0.1) is 11.4 Å². The maximum absolute atomic E-state index is 13.1. The summed E-state index contributed by atoms with van der Waals surface area (Å²) >= 11 is 0. The van der Waals surface area contributed by atoms with Crippen LogP contribution < -0.4 is 11.1 Å². The molecule has 0 atom stereocenters. The van der Waals surface area contributed by atoms with E-state index < -0.39 is 0 Å². The van der Waals surface area contributed by atoms with Gasteiger partial charge in [0, 0.05) is 5.54 Å². The zero-order valence-electron chi connectivity index (χ0n) is 9.02. The van der Waals surface area contributed by atoms with Gasteiger partial charge in [0.1, 0.15) is 5.82 Å². The molecular weight excluding hydrogens is 191 g/mol. The predicted molar refractivity (Wildman–Crippen MR) is 61.3 cm³/mol. The molecule has 1 saturated carbocycles. The van der Waals surface area contributed by atoms with Gasteiger partial charge in [-0.25, -0.2) is 4.39 Å². The summed E-state index contributed by atoms with van der Waals surface area (Å²) in [6.45, 7) is 2.17. The molecule has 82 valence electrons. The van der Waals surface area contributed by atoms with Crippen LogP contribution in [0.5, 0.6) is 0 Å². The second-order valence-corrected chi connectivity index (χ2v) is 4.62. The largest absolute Gasteiger partial charge is 0.397 e. The Labute approximate surface area is 89.7 Å². The van der Waals surface area contributed by atoms with Gasteiger partial charge >= 0.3 is 0 Å². The molecule has 0 saturated heterocycles. The van der Waals surface area contributed by atoms with Gasteiger partial charge in [-0.2, -0.15) is 0 Å². The molecular formula is C12H17FN2. The minimum Gasteiger partial charge on any atom is -0.397 e. The summed E-state index contributed by atoms with van der Waals surface area (Å²) in [4.78, 5) is 0. The number of halogens is 1. The molecule has 1 aromatic rings. The fourth-order valence-corrected chi connectivity index (χ4v) is 2.24. The van der Waals surface area contributed by atoms with Crippen molar-refractivity contribution >= 4 is 11.4 Å². The van der Waals surface area contributed by atoms with Crippen molar-refractivity contribution in [3.8, 4) is 0 Å². The minimum atomic E-state index is -0.242. The monoisotopic (exact) mass is 208 g/mol. The maximum atomic E-state index is 13.1. The fraction of sp³-hybridized carbons (Fsp3) is 0.500. The fourth-order valence-electron chi connectivity index (χ4n) is 2.24. The molecule has 0 bridgehead atoms. The normalized spacial score (nSPS) is 19.1. The molecule has 1 aliphatic carbocycles. The lowest BCUT2D eigenvalue weighted by Crippen LogP contribution is -2.31. The molecule has 3 N–H and O–H groups in total. The molecule has 0 aliphatic heterocycles. The number of nitrogen functional groups attached to an aromatic ring is 1. The molecule has 0 amide bonds. The van der Waals surface area contributed by atoms with E-state index in [1.54, 1.807) is 6.07 Å². The van der Waals surface area contributed by atoms with Crippen molar-refractivity contribution in [2.75, 3.05) is 11.1 Å². The second-order valence-electron chi connectivity index (χ2n) is 4.62. The highest BCUT2D eigenvalue weighted by atomic mass is 19.1. The smallest absolute Gasteiger partial charge is 0.125 e. The molecule has 2 nitrogen and oxygen atoms in total. The summed E-state index contributed by atoms with van der Waals surface area (Å²) < 4.78 is 13.1. The van der Waals surface area contributed by atoms with Crippen LogP contribution in [0.1, 0.15) is 32.6 Å². The van der Waals surface area contributed by atoms with Crippen LogP contribution in [0.2, 0.25) is 0 Å². The van der Waals surface area contributed by atoms with Crippen LogP contribution in [0.15, 0.2) is 18.2 Å². The van der Waals surface area contributed by atoms with Crippen molar-refractivity contribution in [2.45, 2.75) is 38.1 Å². The van der Waals surface area contributed by atoms with Gasteiger partial charge in [-0.15, -0.1) is 0 Å². The highest BCUT2D eigenvalue weighted by molar-refractivity contribution is 5.66. The van der Waals surface area contributed by atoms with Gasteiger partial charge in [0.15, 0.2) is 0 Å². The quantitative estimate of drug-likeness (QED) is 0.733. The van der Waals surface area contributed by atoms with E-state index in [9.17, 15) is 4.39 Å². The van der Waals surface area contributed by atoms with Crippen molar-refractivity contribution in [1.82, 2.24) is 0 Å². The number of nitrogens with two attached hydrogens (primary N) is 1. The van der Waals surface area contributed by atoms with Gasteiger partial charge in [-0.1, -0.05) is 12.8 Å². The number of hydrogen-bond acceptors (Lipinski definition) is 2. The predicted octanol–water partition coefficient (Wildman–Crippen LogP) is 3.15. The molecule has 2 rings (SSSR count). The second kappa shape index (κ2) is 3.72. The summed E-state index contributed by atoms with van der Waals surface area (Å²) in [7, 11) is 0. The van der Waals surface area contributed by atoms with Gasteiger partial charge in [0.25, 0.3) is 0 Å². The zero-order valence-corrected chi connectivity index (χ0v) is 9.02. The first-order chi connectivity index (χ1) is 7.09. The van der Waals surface area contributed by atoms with Crippen LogP contribution >= 0.6 is 0 Å². The average Bonchev–Trinajstić information content (AvgIpc) is 2.59. The Bertz CT molecular complexity index is 357. The van der Waals surface area contributed by atoms with Gasteiger partial charge in [-0.3, -0.25) is 0 Å². The third-order valence-electron chi connectivity index (χ3n) is 3.16. The van der Waals surface area contributed by atoms with Gasteiger partial charge < -0.3 is 11.1 Å². The lowest BCUT2D eigenvalue weighted by atomic mass is 10.00. The number of benzene rings is 1. The number of anilines is 2. The van der Waals surface area contributed by atoms with E-state index in [-0.39, 0.29) is 11.4 Å². The zero-order chi connectivity index (χ0) is 10.9. The van der Waals surface area contributed by atoms with E-state index in [1.807, 2.05) is 0 Å². The van der Waals surface area contributed by atoms with Crippen LogP contribution in [0, 0.1) is 5.82 Å². The van der Waals surface area contributed by atoms with Crippen molar-refractivity contribution < 1.29 is 4.39 Å². The standard InChI is InChI=1S/C12H17FN2/c1-12(6-2-3-7-12)15-11-8-9(13)4-5-10(11)14/h4-5,8,15H,2-3,6-7,14H2,1H3. The first-order valence-electron chi connectivity index (χ1n) is 5.42. The Kier molecular flexibility index (Phi) is 2.55. The first kappa shape index (κ1) is 10.3. The highest BCUT2D eigenvalue weighted by Crippen LogP contribution is 2.34. The summed E-state index contributed by atoms with van der Waals surface area (Å²) in [6, 6.07) is 4.46. The number of nitrogens with one attached hydrogen (secondary N) is 1. The Hall–Kier alpha value is -1.25. The van der Waals surface area contributed by atoms with Crippen LogP contribution in [0.25, 0.3) is 0 Å². The maximum Gasteiger partial charge on any atom is 0.125 e. The van der Waals surface area contributed by atoms with E-state index >= 15 is 0 Å². The number of hydrogen-bond donors (Lipinski definition) is 2. The Morgan fingerprint density at radius 3 is 2.67 bits per heavy atom. The van der Waals surface area contributed by atoms with Crippen LogP contribution in [-0.2, 0) is 0 Å². The van der Waals surface area contributed by atoms with Gasteiger partial charge in [-0.05, 0) is 38.0 Å². The van der Waals surface area contributed by atoms with Crippen molar-refractivity contribution in [3.05, 3.63) is 24.0 Å². The molecule has 1 fully saturated rings. The average molecular weight is 208 g/mol. The SMILES string of the molecule is CC1(Nc2cc(F)ccc2N)CCCC1. The van der Waals surface area contributed by atoms with Crippen molar-refractivity contribution in [1.29, 1.82) is 0 Å². The summed E-state index contributed by atoms with van der Waals surface area (Å²) in [5.74, 6) is -0.242. The lowest BCUT2D eigenvalue weighted by molar-refractivity contribution is 0.532. The highest BCUT2D eigenvalue weighted by Gasteiger charge is 2.28. The Morgan fingerprint density at radius 2 is 2.00 bits per heavy atom. The summed E-state index contributed by atoms with van der Waals surface area (Å²) in [5.41, 5.74) is 7.22. The van der Waals surface area contributed by atoms with Crippen molar-refractivity contribution in [2.24, 2.45) is 0 Å². The molecule has 3 heteroatoms. The molecule has 0 unspecified atom stereocenters. The van der Waals surface area contributed by atoms with E-state index in [1.165, 1.54) is 25.0 Å². The Balaban J connectivity index is 2.19. The summed E-state index contributed by atoms with van der Waals surface area (Å²) in [5, 5.41) is 3.36. The minimum absolute atomic E-state index is 0.0852. The van der Waals surface area contributed by atoms with E-state index in [0.29, 0.717) is 5.69 Å². The van der Waals surface area contributed by atoms with Crippen LogP contribution in [0.3, 0.4) is 0 Å². The van der Waals surface area contributed by atoms with E-state index in [4.69, 9.17) is 5.73 Å². The molecule has 0 spiro atoms. The van der Waals surface area contributed by atoms with E-state index in [2.05, 4.69) is 12.2 Å². The Morgan fingerprint density at radius 1 is 1.33 bits per heavy atom. The van der Waals surface area contributed by atoms with Crippen LogP contribution in [0.4, 0.5) is 15.8 Å². The van der Waals surface area contributed by atoms with Crippen molar-refractivity contribution in [3.63, 3.8) is 0 Å². The number of rotatable bonds is 2. The lowest BCUT2D eigenvalue weighted by Gasteiger charge is -2.27. The first-order valence-corrected chi connectivity index (χ1v) is 5.42. The molecule has 1 aliphatic rings. The molecule has 0 heterocycles. The topological polar surface area (TPSA) is 38.0 Å². The van der Waals surface area contributed by atoms with Gasteiger partial charge in [0.2, 0.25) is 0 Å². The van der Waals surface area contributed by atoms with E-state index in [0.717, 1.165) is 18.5 Å². The molecule has 0 aromatic heterocycles. The third-order valence-corrected chi connectivity index (χ3v) is 3.16. The molecule has 15 heavy (non-hydrogen) atoms. The molecule has 0 radical (unpaired) electrons. The van der Waals surface area contributed by atoms with Crippen LogP contribution in [-0.4, -0.2) is 5.54 Å². The third kappa shape index (κ3) is 2.22. The molecule has 1 aromatic carbocycles. The summed E-state index contributed by atoms with van der Waals surface area (Å²) in [6.07, 6.45) is 4.73.